The fourth-order valence-corrected chi connectivity index (χ4v) is 8.03. The molecule has 0 radical (unpaired) electrons. The standard InChI is InChI=1S/C36H29O2S2/c1-23(2)27-13-19-33-31(21-27)36(38)32-22-30(18-20-34(32)39-33)40(28-14-9-24(3)10-15-28)29-16-11-26(12-17-29)35(37)25-7-5-4-6-8-25/h4-23H,1-3H3/q+1. The van der Waals surface area contributed by atoms with Crippen molar-refractivity contribution < 1.29 is 4.79 Å². The van der Waals surface area contributed by atoms with Crippen LogP contribution >= 0.6 is 11.3 Å². The van der Waals surface area contributed by atoms with E-state index in [2.05, 4.69) is 93.6 Å². The molecule has 6 rings (SSSR count). The lowest BCUT2D eigenvalue weighted by molar-refractivity contribution is 0.103. The van der Waals surface area contributed by atoms with Gasteiger partial charge in [-0.05, 0) is 79.1 Å². The molecule has 0 aliphatic carbocycles. The normalized spacial score (nSPS) is 12.2. The van der Waals surface area contributed by atoms with Crippen molar-refractivity contribution in [1.29, 1.82) is 0 Å². The molecule has 1 heterocycles. The van der Waals surface area contributed by atoms with E-state index in [0.29, 0.717) is 17.0 Å². The van der Waals surface area contributed by atoms with Gasteiger partial charge in [0.2, 0.25) is 0 Å². The highest BCUT2D eigenvalue weighted by Crippen LogP contribution is 2.35. The molecule has 196 valence electrons. The number of fused-ring (bicyclic) bond motifs is 2. The van der Waals surface area contributed by atoms with Gasteiger partial charge in [0.15, 0.2) is 25.9 Å². The second-order valence-electron chi connectivity index (χ2n) is 10.3. The fourth-order valence-electron chi connectivity index (χ4n) is 4.92. The first-order chi connectivity index (χ1) is 19.4. The molecule has 6 aromatic rings. The van der Waals surface area contributed by atoms with Gasteiger partial charge in [-0.1, -0.05) is 67.9 Å². The molecule has 1 aromatic heterocycles. The Morgan fingerprint density at radius 1 is 0.650 bits per heavy atom. The number of aryl methyl sites for hydroxylation is 1. The van der Waals surface area contributed by atoms with Crippen LogP contribution in [0, 0.1) is 6.92 Å². The summed E-state index contributed by atoms with van der Waals surface area (Å²) in [5, 5.41) is 1.55. The lowest BCUT2D eigenvalue weighted by Gasteiger charge is -2.11. The van der Waals surface area contributed by atoms with Crippen LogP contribution in [0.15, 0.2) is 135 Å². The van der Waals surface area contributed by atoms with Gasteiger partial charge in [-0.2, -0.15) is 0 Å². The van der Waals surface area contributed by atoms with Gasteiger partial charge in [0.05, 0.1) is 10.9 Å². The quantitative estimate of drug-likeness (QED) is 0.116. The summed E-state index contributed by atoms with van der Waals surface area (Å²) >= 11 is 1.67. The van der Waals surface area contributed by atoms with Gasteiger partial charge in [0, 0.05) is 37.4 Å². The van der Waals surface area contributed by atoms with Crippen LogP contribution in [0.1, 0.15) is 46.8 Å². The van der Waals surface area contributed by atoms with Crippen LogP contribution in [0.5, 0.6) is 0 Å². The highest BCUT2D eigenvalue weighted by molar-refractivity contribution is 7.97. The summed E-state index contributed by atoms with van der Waals surface area (Å²) < 4.78 is 2.01. The minimum Gasteiger partial charge on any atom is -0.289 e. The molecule has 2 nitrogen and oxygen atoms in total. The molecule has 0 aliphatic heterocycles. The van der Waals surface area contributed by atoms with E-state index in [0.717, 1.165) is 30.0 Å². The maximum Gasteiger partial charge on any atom is 0.196 e. The van der Waals surface area contributed by atoms with Crippen molar-refractivity contribution in [3.05, 3.63) is 148 Å². The molecule has 4 heteroatoms. The van der Waals surface area contributed by atoms with Crippen LogP contribution < -0.4 is 5.43 Å². The predicted octanol–water partition coefficient (Wildman–Crippen LogP) is 9.17. The first kappa shape index (κ1) is 26.2. The second-order valence-corrected chi connectivity index (χ2v) is 13.4. The summed E-state index contributed by atoms with van der Waals surface area (Å²) in [6.45, 7) is 6.39. The summed E-state index contributed by atoms with van der Waals surface area (Å²) in [6.07, 6.45) is 0. The van der Waals surface area contributed by atoms with Crippen molar-refractivity contribution >= 4 is 48.2 Å². The largest absolute Gasteiger partial charge is 0.289 e. The lowest BCUT2D eigenvalue weighted by Crippen LogP contribution is -2.08. The number of hydrogen-bond acceptors (Lipinski definition) is 3. The lowest BCUT2D eigenvalue weighted by atomic mass is 10.0. The van der Waals surface area contributed by atoms with Gasteiger partial charge in [-0.15, -0.1) is 11.3 Å². The van der Waals surface area contributed by atoms with Crippen LogP contribution in [0.2, 0.25) is 0 Å². The Bertz CT molecular complexity index is 1900. The third-order valence-electron chi connectivity index (χ3n) is 7.21. The molecule has 1 atom stereocenters. The van der Waals surface area contributed by atoms with E-state index in [-0.39, 0.29) is 11.2 Å². The zero-order valence-corrected chi connectivity index (χ0v) is 24.3. The van der Waals surface area contributed by atoms with Crippen molar-refractivity contribution in [1.82, 2.24) is 0 Å². The van der Waals surface area contributed by atoms with E-state index in [4.69, 9.17) is 0 Å². The summed E-state index contributed by atoms with van der Waals surface area (Å²) in [7, 11) is -0.444. The van der Waals surface area contributed by atoms with E-state index in [9.17, 15) is 9.59 Å². The van der Waals surface area contributed by atoms with Crippen LogP contribution in [0.3, 0.4) is 0 Å². The van der Waals surface area contributed by atoms with Gasteiger partial charge >= 0.3 is 0 Å². The minimum atomic E-state index is -0.444. The molecule has 40 heavy (non-hydrogen) atoms. The van der Waals surface area contributed by atoms with Crippen molar-refractivity contribution in [2.45, 2.75) is 41.4 Å². The number of carbonyl (C=O) groups excluding carboxylic acids is 1. The van der Waals surface area contributed by atoms with Gasteiger partial charge < -0.3 is 0 Å². The highest BCUT2D eigenvalue weighted by Gasteiger charge is 2.30. The number of rotatable bonds is 6. The van der Waals surface area contributed by atoms with Crippen LogP contribution in [-0.4, -0.2) is 5.78 Å². The van der Waals surface area contributed by atoms with Gasteiger partial charge in [0.1, 0.15) is 0 Å². The summed E-state index contributed by atoms with van der Waals surface area (Å²) in [5.74, 6) is 0.373. The SMILES string of the molecule is Cc1ccc([S+](c2ccc(C(=O)c3ccccc3)cc2)c2ccc3sc4ccc(C(C)C)cc4c(=O)c3c2)cc1. The van der Waals surface area contributed by atoms with Gasteiger partial charge in [-0.25, -0.2) is 0 Å². The molecule has 0 saturated heterocycles. The van der Waals surface area contributed by atoms with E-state index < -0.39 is 10.9 Å². The Hall–Kier alpha value is -3.99. The Balaban J connectivity index is 1.47. The molecule has 0 fully saturated rings. The summed E-state index contributed by atoms with van der Waals surface area (Å²) in [4.78, 5) is 30.2. The molecule has 1 unspecified atom stereocenters. The molecule has 5 aromatic carbocycles. The maximum atomic E-state index is 13.8. The van der Waals surface area contributed by atoms with Crippen LogP contribution in [0.4, 0.5) is 0 Å². The summed E-state index contributed by atoms with van der Waals surface area (Å²) in [6, 6.07) is 38.5. The van der Waals surface area contributed by atoms with E-state index in [1.807, 2.05) is 42.5 Å². The molecular weight excluding hydrogens is 529 g/mol. The third-order valence-corrected chi connectivity index (χ3v) is 10.6. The van der Waals surface area contributed by atoms with Crippen molar-refractivity contribution in [3.63, 3.8) is 0 Å². The molecule has 0 N–H and O–H groups in total. The molecule has 0 saturated carbocycles. The molecule has 0 bridgehead atoms. The van der Waals surface area contributed by atoms with Gasteiger partial charge in [-0.3, -0.25) is 9.59 Å². The Kier molecular flexibility index (Phi) is 7.14. The van der Waals surface area contributed by atoms with E-state index in [1.54, 1.807) is 11.3 Å². The molecule has 0 aliphatic rings. The fraction of sp³-hybridized carbons (Fsp3) is 0.111. The smallest absolute Gasteiger partial charge is 0.196 e. The highest BCUT2D eigenvalue weighted by atomic mass is 32.2. The van der Waals surface area contributed by atoms with Crippen LogP contribution in [0.25, 0.3) is 20.2 Å². The van der Waals surface area contributed by atoms with Gasteiger partial charge in [0.25, 0.3) is 0 Å². The number of hydrogen-bond donors (Lipinski definition) is 0. The number of ketones is 1. The number of benzene rings is 5. The number of carbonyl (C=O) groups is 1. The monoisotopic (exact) mass is 557 g/mol. The Morgan fingerprint density at radius 3 is 1.85 bits per heavy atom. The Morgan fingerprint density at radius 2 is 1.20 bits per heavy atom. The average Bonchev–Trinajstić information content (AvgIpc) is 2.99. The summed E-state index contributed by atoms with van der Waals surface area (Å²) in [5.41, 5.74) is 3.81. The van der Waals surface area contributed by atoms with E-state index >= 15 is 0 Å². The Labute approximate surface area is 241 Å². The molecule has 0 amide bonds. The van der Waals surface area contributed by atoms with E-state index in [1.165, 1.54) is 16.0 Å². The zero-order valence-electron chi connectivity index (χ0n) is 22.7. The average molecular weight is 558 g/mol. The maximum absolute atomic E-state index is 13.8. The minimum absolute atomic E-state index is 0.0122. The van der Waals surface area contributed by atoms with Crippen molar-refractivity contribution in [2.24, 2.45) is 0 Å². The predicted molar refractivity (Wildman–Crippen MR) is 169 cm³/mol. The molecular formula is C36H29O2S2+. The third kappa shape index (κ3) is 5.01. The first-order valence-electron chi connectivity index (χ1n) is 13.4. The molecule has 0 spiro atoms. The van der Waals surface area contributed by atoms with Crippen LogP contribution in [-0.2, 0) is 10.9 Å². The van der Waals surface area contributed by atoms with Crippen molar-refractivity contribution in [2.75, 3.05) is 0 Å². The zero-order chi connectivity index (χ0) is 27.8. The second kappa shape index (κ2) is 10.9. The van der Waals surface area contributed by atoms with Crippen molar-refractivity contribution in [3.8, 4) is 0 Å². The topological polar surface area (TPSA) is 34.1 Å². The first-order valence-corrected chi connectivity index (χ1v) is 15.4.